The standard InChI is InChI=1S/C22H18F2N2O5.C14H14BrF2NO3.C14H15F2NO4/c1-12(2)30-18-9-13(7-8-17(18)31-22(23)24)19-25-14(11-29-19)10-26-20(27)15-5-3-4-6-16(15)21(26)28;1-8(2)20-12-5-9(3-4-11(12)21-14(16)17)13-18-10(6-15)7-19-13;1-8(2)20-12-5-9(3-4-11(12)21-14(15)16)13-17-10(6-18)7-19-13/h3-9,11-12,22H,10H2,1-2H3;3-5,7-8,14H,6H2,1-2H3;3-5,7-8,14,18H,6H2,1-2H3. The molecule has 8 rings (SSSR count). The Bertz CT molecular complexity index is 2800. The number of aromatic nitrogens is 3. The smallest absolute Gasteiger partial charge is 0.387 e. The van der Waals surface area contributed by atoms with Gasteiger partial charge in [0.2, 0.25) is 17.7 Å². The summed E-state index contributed by atoms with van der Waals surface area (Å²) >= 11 is 3.28. The lowest BCUT2D eigenvalue weighted by atomic mass is 10.1. The minimum absolute atomic E-state index is 0.0188. The van der Waals surface area contributed by atoms with Gasteiger partial charge in [0.25, 0.3) is 11.8 Å². The normalized spacial score (nSPS) is 12.1. The molecule has 4 heterocycles. The first kappa shape index (κ1) is 54.8. The number of rotatable bonds is 19. The molecule has 0 unspecified atom stereocenters. The van der Waals surface area contributed by atoms with Gasteiger partial charge in [-0.3, -0.25) is 14.5 Å². The molecule has 0 radical (unpaired) electrons. The molecule has 0 fully saturated rings. The molecule has 0 saturated heterocycles. The number of aliphatic hydroxyl groups excluding tert-OH is 1. The van der Waals surface area contributed by atoms with Crippen molar-refractivity contribution < 1.29 is 82.7 Å². The number of hydrogen-bond donors (Lipinski definition) is 1. The predicted octanol–water partition coefficient (Wildman–Crippen LogP) is 12.4. The molecule has 16 nitrogen and oxygen atoms in total. The molecule has 0 spiro atoms. The number of halogens is 7. The number of oxazole rings is 3. The van der Waals surface area contributed by atoms with Crippen molar-refractivity contribution in [3.05, 3.63) is 126 Å². The van der Waals surface area contributed by atoms with Crippen LogP contribution in [0.3, 0.4) is 0 Å². The van der Waals surface area contributed by atoms with E-state index >= 15 is 0 Å². The average molecular weight is 1090 g/mol. The van der Waals surface area contributed by atoms with Crippen molar-refractivity contribution in [2.45, 2.75) is 98.2 Å². The highest BCUT2D eigenvalue weighted by molar-refractivity contribution is 9.08. The van der Waals surface area contributed by atoms with Gasteiger partial charge in [-0.1, -0.05) is 28.1 Å². The van der Waals surface area contributed by atoms with Crippen LogP contribution in [0.15, 0.2) is 111 Å². The molecule has 1 N–H and O–H groups in total. The summed E-state index contributed by atoms with van der Waals surface area (Å²) in [6.07, 6.45) is 3.52. The summed E-state index contributed by atoms with van der Waals surface area (Å²) in [4.78, 5) is 38.8. The number of benzene rings is 4. The Morgan fingerprint density at radius 3 is 1.16 bits per heavy atom. The number of amides is 2. The lowest BCUT2D eigenvalue weighted by Crippen LogP contribution is -2.29. The Hall–Kier alpha value is -7.53. The Labute approximate surface area is 421 Å². The van der Waals surface area contributed by atoms with Crippen LogP contribution in [0.4, 0.5) is 26.3 Å². The Morgan fingerprint density at radius 1 is 0.507 bits per heavy atom. The molecular formula is C50H47BrF6N4O12. The average Bonchev–Trinajstić information content (AvgIpc) is 4.17. The van der Waals surface area contributed by atoms with Gasteiger partial charge in [-0.25, -0.2) is 15.0 Å². The van der Waals surface area contributed by atoms with E-state index in [1.807, 2.05) is 0 Å². The van der Waals surface area contributed by atoms with Gasteiger partial charge in [0.1, 0.15) is 24.5 Å². The molecule has 23 heteroatoms. The van der Waals surface area contributed by atoms with Gasteiger partial charge in [-0.2, -0.15) is 26.3 Å². The minimum atomic E-state index is -2.99. The van der Waals surface area contributed by atoms with Crippen molar-refractivity contribution in [2.75, 3.05) is 0 Å². The van der Waals surface area contributed by atoms with Crippen molar-refractivity contribution in [2.24, 2.45) is 0 Å². The van der Waals surface area contributed by atoms with Crippen molar-refractivity contribution >= 4 is 27.7 Å². The first-order valence-electron chi connectivity index (χ1n) is 22.0. The maximum Gasteiger partial charge on any atom is 0.387 e. The van der Waals surface area contributed by atoms with Crippen LogP contribution in [0.1, 0.15) is 79.3 Å². The molecule has 0 aliphatic carbocycles. The minimum Gasteiger partial charge on any atom is -0.487 e. The monoisotopic (exact) mass is 1090 g/mol. The molecule has 3 aromatic heterocycles. The third-order valence-electron chi connectivity index (χ3n) is 9.46. The molecule has 0 saturated carbocycles. The van der Waals surface area contributed by atoms with Gasteiger partial charge >= 0.3 is 19.8 Å². The summed E-state index contributed by atoms with van der Waals surface area (Å²) in [5.41, 5.74) is 3.80. The summed E-state index contributed by atoms with van der Waals surface area (Å²) < 4.78 is 121. The molecule has 388 valence electrons. The summed E-state index contributed by atoms with van der Waals surface area (Å²) in [6, 6.07) is 19.9. The number of imide groups is 1. The van der Waals surface area contributed by atoms with Crippen LogP contribution in [0, 0.1) is 0 Å². The lowest BCUT2D eigenvalue weighted by Gasteiger charge is -2.15. The predicted molar refractivity (Wildman–Crippen MR) is 252 cm³/mol. The third kappa shape index (κ3) is 15.0. The summed E-state index contributed by atoms with van der Waals surface area (Å²) in [7, 11) is 0. The van der Waals surface area contributed by atoms with Crippen LogP contribution in [-0.2, 0) is 18.5 Å². The number of fused-ring (bicyclic) bond motifs is 1. The third-order valence-corrected chi connectivity index (χ3v) is 10.0. The molecule has 2 amide bonds. The Balaban J connectivity index is 0.000000184. The van der Waals surface area contributed by atoms with E-state index in [2.05, 4.69) is 45.1 Å². The van der Waals surface area contributed by atoms with Crippen LogP contribution < -0.4 is 28.4 Å². The van der Waals surface area contributed by atoms with E-state index in [4.69, 9.17) is 32.6 Å². The van der Waals surface area contributed by atoms with Crippen LogP contribution in [0.5, 0.6) is 34.5 Å². The summed E-state index contributed by atoms with van der Waals surface area (Å²) in [6.45, 7) is 1.51. The lowest BCUT2D eigenvalue weighted by molar-refractivity contribution is -0.0524. The fourth-order valence-corrected chi connectivity index (χ4v) is 6.87. The second-order valence-electron chi connectivity index (χ2n) is 16.1. The zero-order valence-electron chi connectivity index (χ0n) is 39.7. The number of carbonyl (C=O) groups excluding carboxylic acids is 2. The first-order valence-corrected chi connectivity index (χ1v) is 23.2. The fourth-order valence-electron chi connectivity index (χ4n) is 6.61. The van der Waals surface area contributed by atoms with Crippen molar-refractivity contribution in [1.29, 1.82) is 0 Å². The van der Waals surface area contributed by atoms with Gasteiger partial charge in [-0.15, -0.1) is 0 Å². The van der Waals surface area contributed by atoms with Crippen molar-refractivity contribution in [3.63, 3.8) is 0 Å². The van der Waals surface area contributed by atoms with E-state index in [9.17, 15) is 35.9 Å². The quantitative estimate of drug-likeness (QED) is 0.0457. The molecule has 4 aromatic carbocycles. The molecule has 1 aliphatic rings. The highest BCUT2D eigenvalue weighted by atomic mass is 79.9. The molecule has 0 bridgehead atoms. The first-order chi connectivity index (χ1) is 34.8. The topological polar surface area (TPSA) is 191 Å². The number of alkyl halides is 7. The highest BCUT2D eigenvalue weighted by Crippen LogP contribution is 2.37. The molecular weight excluding hydrogens is 1040 g/mol. The Kier molecular flexibility index (Phi) is 18.9. The zero-order valence-corrected chi connectivity index (χ0v) is 41.3. The zero-order chi connectivity index (χ0) is 52.9. The van der Waals surface area contributed by atoms with E-state index < -0.39 is 31.6 Å². The second-order valence-corrected chi connectivity index (χ2v) is 16.6. The Morgan fingerprint density at radius 2 is 0.849 bits per heavy atom. The van der Waals surface area contributed by atoms with E-state index in [0.717, 1.165) is 10.6 Å². The van der Waals surface area contributed by atoms with Gasteiger partial charge in [0.15, 0.2) is 34.5 Å². The highest BCUT2D eigenvalue weighted by Gasteiger charge is 2.35. The van der Waals surface area contributed by atoms with Crippen molar-refractivity contribution in [3.8, 4) is 68.9 Å². The second kappa shape index (κ2) is 25.2. The van der Waals surface area contributed by atoms with Gasteiger partial charge in [0.05, 0.1) is 54.0 Å². The SMILES string of the molecule is CC(C)Oc1cc(-c2nc(CBr)co2)ccc1OC(F)F.CC(C)Oc1cc(-c2nc(CN3C(=O)c4ccccc4C3=O)co2)ccc1OC(F)F.CC(C)Oc1cc(-c2nc(CO)co2)ccc1OC(F)F. The van der Waals surface area contributed by atoms with E-state index in [0.29, 0.717) is 50.4 Å². The fraction of sp³-hybridized carbons (Fsp3) is 0.300. The van der Waals surface area contributed by atoms with E-state index in [1.54, 1.807) is 77.9 Å². The van der Waals surface area contributed by atoms with Gasteiger partial charge in [0, 0.05) is 22.0 Å². The molecule has 7 aromatic rings. The van der Waals surface area contributed by atoms with Gasteiger partial charge in [-0.05, 0) is 108 Å². The van der Waals surface area contributed by atoms with Crippen LogP contribution >= 0.6 is 15.9 Å². The molecule has 73 heavy (non-hydrogen) atoms. The van der Waals surface area contributed by atoms with Crippen LogP contribution in [-0.4, -0.2) is 74.9 Å². The van der Waals surface area contributed by atoms with Crippen LogP contribution in [0.2, 0.25) is 0 Å². The maximum atomic E-state index is 12.7. The largest absolute Gasteiger partial charge is 0.487 e. The number of hydrogen-bond acceptors (Lipinski definition) is 15. The van der Waals surface area contributed by atoms with Crippen molar-refractivity contribution in [1.82, 2.24) is 19.9 Å². The maximum absolute atomic E-state index is 12.7. The molecule has 0 atom stereocenters. The number of aliphatic hydroxyl groups is 1. The van der Waals surface area contributed by atoms with Crippen LogP contribution in [0.25, 0.3) is 34.4 Å². The molecule has 1 aliphatic heterocycles. The van der Waals surface area contributed by atoms with E-state index in [-0.39, 0.29) is 77.7 Å². The number of nitrogens with zero attached hydrogens (tertiary/aromatic N) is 4. The number of carbonyl (C=O) groups is 2. The summed E-state index contributed by atoms with van der Waals surface area (Å²) in [5.74, 6) is 0.372. The summed E-state index contributed by atoms with van der Waals surface area (Å²) in [5, 5.41) is 9.53. The van der Waals surface area contributed by atoms with Gasteiger partial charge < -0.3 is 46.8 Å². The number of ether oxygens (including phenoxy) is 6. The van der Waals surface area contributed by atoms with E-state index in [1.165, 1.54) is 61.3 Å².